The lowest BCUT2D eigenvalue weighted by molar-refractivity contribution is -0.135. The SMILES string of the molecule is CCCCCCCCCCCCCCCCCCCCCC(COP(O)OCCCCN(C)C)OC=O. The van der Waals surface area contributed by atoms with Crippen LogP contribution in [0.25, 0.3) is 0 Å². The molecule has 0 amide bonds. The van der Waals surface area contributed by atoms with Crippen molar-refractivity contribution >= 4 is 15.1 Å². The summed E-state index contributed by atoms with van der Waals surface area (Å²) in [7, 11) is 2.17. The number of unbranched alkanes of at least 4 members (excludes halogenated alkanes) is 19. The van der Waals surface area contributed by atoms with E-state index in [0.29, 0.717) is 13.1 Å². The van der Waals surface area contributed by atoms with Gasteiger partial charge in [-0.15, -0.1) is 0 Å². The molecular formula is C30H62NO5P. The van der Waals surface area contributed by atoms with Crippen molar-refractivity contribution in [2.75, 3.05) is 33.9 Å². The van der Waals surface area contributed by atoms with Gasteiger partial charge in [-0.05, 0) is 46.3 Å². The Hall–Kier alpha value is -0.260. The fourth-order valence-corrected chi connectivity index (χ4v) is 5.23. The van der Waals surface area contributed by atoms with Crippen molar-refractivity contribution < 1.29 is 23.5 Å². The molecule has 37 heavy (non-hydrogen) atoms. The van der Waals surface area contributed by atoms with Gasteiger partial charge in [0.15, 0.2) is 0 Å². The van der Waals surface area contributed by atoms with E-state index >= 15 is 0 Å². The maximum Gasteiger partial charge on any atom is 0.329 e. The third-order valence-corrected chi connectivity index (χ3v) is 7.72. The molecule has 0 fully saturated rings. The molecule has 7 heteroatoms. The summed E-state index contributed by atoms with van der Waals surface area (Å²) in [5.41, 5.74) is 0. The first-order valence-electron chi connectivity index (χ1n) is 15.6. The van der Waals surface area contributed by atoms with E-state index in [1.807, 2.05) is 14.1 Å². The molecule has 1 N–H and O–H groups in total. The van der Waals surface area contributed by atoms with Gasteiger partial charge in [0.2, 0.25) is 0 Å². The molecule has 0 aromatic heterocycles. The van der Waals surface area contributed by atoms with Crippen molar-refractivity contribution in [2.45, 2.75) is 154 Å². The summed E-state index contributed by atoms with van der Waals surface area (Å²) in [5.74, 6) is 0. The van der Waals surface area contributed by atoms with E-state index in [9.17, 15) is 9.69 Å². The molecule has 0 aliphatic heterocycles. The van der Waals surface area contributed by atoms with E-state index in [0.717, 1.165) is 38.6 Å². The summed E-state index contributed by atoms with van der Waals surface area (Å²) in [5, 5.41) is 0. The number of rotatable bonds is 31. The van der Waals surface area contributed by atoms with Gasteiger partial charge >= 0.3 is 8.60 Å². The first kappa shape index (κ1) is 36.7. The van der Waals surface area contributed by atoms with Crippen LogP contribution in [0.2, 0.25) is 0 Å². The second-order valence-electron chi connectivity index (χ2n) is 10.9. The predicted molar refractivity (Wildman–Crippen MR) is 158 cm³/mol. The lowest BCUT2D eigenvalue weighted by Crippen LogP contribution is -2.18. The highest BCUT2D eigenvalue weighted by molar-refractivity contribution is 7.40. The first-order valence-corrected chi connectivity index (χ1v) is 16.7. The van der Waals surface area contributed by atoms with Crippen molar-refractivity contribution in [2.24, 2.45) is 0 Å². The Bertz CT molecular complexity index is 456. The Morgan fingerprint density at radius 1 is 0.676 bits per heavy atom. The summed E-state index contributed by atoms with van der Waals surface area (Å²) < 4.78 is 15.8. The predicted octanol–water partition coefficient (Wildman–Crippen LogP) is 8.94. The summed E-state index contributed by atoms with van der Waals surface area (Å²) in [4.78, 5) is 22.8. The van der Waals surface area contributed by atoms with E-state index in [1.165, 1.54) is 109 Å². The quantitative estimate of drug-likeness (QED) is 0.0531. The van der Waals surface area contributed by atoms with Gasteiger partial charge in [-0.1, -0.05) is 122 Å². The van der Waals surface area contributed by atoms with E-state index in [2.05, 4.69) is 11.8 Å². The highest BCUT2D eigenvalue weighted by Crippen LogP contribution is 2.33. The van der Waals surface area contributed by atoms with Crippen LogP contribution in [0, 0.1) is 0 Å². The lowest BCUT2D eigenvalue weighted by atomic mass is 10.0. The minimum absolute atomic E-state index is 0.192. The van der Waals surface area contributed by atoms with Crippen molar-refractivity contribution in [3.05, 3.63) is 0 Å². The summed E-state index contributed by atoms with van der Waals surface area (Å²) in [6.07, 6.45) is 28.2. The van der Waals surface area contributed by atoms with Gasteiger partial charge < -0.3 is 23.6 Å². The maximum absolute atomic E-state index is 10.8. The largest absolute Gasteiger partial charge is 0.462 e. The highest BCUT2D eigenvalue weighted by Gasteiger charge is 2.14. The van der Waals surface area contributed by atoms with Crippen LogP contribution in [-0.4, -0.2) is 56.2 Å². The Kier molecular flexibility index (Phi) is 30.1. The van der Waals surface area contributed by atoms with Crippen LogP contribution in [0.15, 0.2) is 0 Å². The normalized spacial score (nSPS) is 13.2. The van der Waals surface area contributed by atoms with Gasteiger partial charge in [0.1, 0.15) is 6.10 Å². The Morgan fingerprint density at radius 3 is 1.57 bits per heavy atom. The molecule has 0 saturated heterocycles. The number of hydrogen-bond donors (Lipinski definition) is 1. The molecule has 0 aliphatic carbocycles. The maximum atomic E-state index is 10.8. The number of carbonyl (C=O) groups is 1. The van der Waals surface area contributed by atoms with E-state index < -0.39 is 8.60 Å². The Labute approximate surface area is 231 Å². The van der Waals surface area contributed by atoms with Crippen LogP contribution in [-0.2, 0) is 18.6 Å². The Balaban J connectivity index is 3.44. The summed E-state index contributed by atoms with van der Waals surface area (Å²) >= 11 is 0. The van der Waals surface area contributed by atoms with Crippen LogP contribution in [0.3, 0.4) is 0 Å². The van der Waals surface area contributed by atoms with Crippen molar-refractivity contribution in [1.29, 1.82) is 0 Å². The molecule has 0 heterocycles. The zero-order valence-electron chi connectivity index (χ0n) is 24.8. The monoisotopic (exact) mass is 547 g/mol. The van der Waals surface area contributed by atoms with Crippen molar-refractivity contribution in [1.82, 2.24) is 4.90 Å². The van der Waals surface area contributed by atoms with Gasteiger partial charge in [-0.25, -0.2) is 0 Å². The minimum Gasteiger partial charge on any atom is -0.462 e. The second kappa shape index (κ2) is 30.3. The molecule has 0 saturated carbocycles. The molecule has 0 bridgehead atoms. The molecular weight excluding hydrogens is 485 g/mol. The van der Waals surface area contributed by atoms with Crippen LogP contribution < -0.4 is 0 Å². The molecule has 0 rings (SSSR count). The number of ether oxygens (including phenoxy) is 1. The van der Waals surface area contributed by atoms with E-state index in [-0.39, 0.29) is 12.7 Å². The second-order valence-corrected chi connectivity index (χ2v) is 11.9. The molecule has 2 unspecified atom stereocenters. The summed E-state index contributed by atoms with van der Waals surface area (Å²) in [6, 6.07) is 0. The number of hydrogen-bond acceptors (Lipinski definition) is 6. The summed E-state index contributed by atoms with van der Waals surface area (Å²) in [6.45, 7) is 4.44. The average Bonchev–Trinajstić information content (AvgIpc) is 2.88. The molecule has 0 aromatic carbocycles. The number of nitrogens with zero attached hydrogens (tertiary/aromatic N) is 1. The van der Waals surface area contributed by atoms with Crippen LogP contribution in [0.1, 0.15) is 148 Å². The van der Waals surface area contributed by atoms with Gasteiger partial charge in [0, 0.05) is 0 Å². The number of carbonyl (C=O) groups excluding carboxylic acids is 1. The van der Waals surface area contributed by atoms with Crippen LogP contribution in [0.5, 0.6) is 0 Å². The zero-order chi connectivity index (χ0) is 27.2. The fourth-order valence-electron chi connectivity index (χ4n) is 4.58. The van der Waals surface area contributed by atoms with E-state index in [1.54, 1.807) is 0 Å². The lowest BCUT2D eigenvalue weighted by Gasteiger charge is -2.17. The van der Waals surface area contributed by atoms with Crippen molar-refractivity contribution in [3.63, 3.8) is 0 Å². The fraction of sp³-hybridized carbons (Fsp3) is 0.967. The van der Waals surface area contributed by atoms with E-state index in [4.69, 9.17) is 13.8 Å². The smallest absolute Gasteiger partial charge is 0.329 e. The topological polar surface area (TPSA) is 68.2 Å². The molecule has 0 spiro atoms. The minimum atomic E-state index is -1.91. The third kappa shape index (κ3) is 30.1. The molecule has 0 radical (unpaired) electrons. The standard InChI is InChI=1S/C30H62NO5P/c1-4-5-6-7-8-9-10-11-12-13-14-15-16-17-18-19-20-21-22-25-30(34-29-32)28-36-37(33)35-27-24-23-26-31(2)3/h29-30,33H,4-28H2,1-3H3. The van der Waals surface area contributed by atoms with Crippen LogP contribution >= 0.6 is 8.60 Å². The van der Waals surface area contributed by atoms with Crippen LogP contribution in [0.4, 0.5) is 0 Å². The molecule has 222 valence electrons. The molecule has 0 aromatic rings. The Morgan fingerprint density at radius 2 is 1.14 bits per heavy atom. The third-order valence-electron chi connectivity index (χ3n) is 6.95. The van der Waals surface area contributed by atoms with Gasteiger partial charge in [-0.2, -0.15) is 0 Å². The van der Waals surface area contributed by atoms with Gasteiger partial charge in [0.25, 0.3) is 6.47 Å². The molecule has 0 aliphatic rings. The zero-order valence-corrected chi connectivity index (χ0v) is 25.7. The van der Waals surface area contributed by atoms with Gasteiger partial charge in [0.05, 0.1) is 13.2 Å². The van der Waals surface area contributed by atoms with Crippen molar-refractivity contribution in [3.8, 4) is 0 Å². The average molecular weight is 548 g/mol. The highest BCUT2D eigenvalue weighted by atomic mass is 31.2. The van der Waals surface area contributed by atoms with Gasteiger partial charge in [-0.3, -0.25) is 4.79 Å². The first-order chi connectivity index (χ1) is 18.1. The molecule has 6 nitrogen and oxygen atoms in total. The molecule has 2 atom stereocenters.